The molecule has 2 atom stereocenters. The maximum atomic E-state index is 12.6. The first-order chi connectivity index (χ1) is 11.4. The number of esters is 1. The van der Waals surface area contributed by atoms with E-state index >= 15 is 0 Å². The molecule has 0 bridgehead atoms. The van der Waals surface area contributed by atoms with Gasteiger partial charge in [-0.15, -0.1) is 0 Å². The maximum absolute atomic E-state index is 12.6. The molecule has 1 fully saturated rings. The van der Waals surface area contributed by atoms with Crippen molar-refractivity contribution in [3.8, 4) is 11.5 Å². The van der Waals surface area contributed by atoms with Gasteiger partial charge in [-0.3, -0.25) is 14.9 Å². The van der Waals surface area contributed by atoms with Gasteiger partial charge in [-0.25, -0.2) is 13.8 Å². The largest absolute Gasteiger partial charge is 0.497 e. The van der Waals surface area contributed by atoms with E-state index in [-0.39, 0.29) is 18.8 Å². The van der Waals surface area contributed by atoms with E-state index in [1.807, 2.05) is 0 Å². The number of hydrazine groups is 1. The Morgan fingerprint density at radius 2 is 1.88 bits per heavy atom. The van der Waals surface area contributed by atoms with Crippen molar-refractivity contribution in [3.63, 3.8) is 0 Å². The van der Waals surface area contributed by atoms with Gasteiger partial charge in [0.2, 0.25) is 0 Å². The molecule has 1 aromatic rings. The number of sulfonamides is 1. The molecule has 9 nitrogen and oxygen atoms in total. The minimum Gasteiger partial charge on any atom is -0.497 e. The second kappa shape index (κ2) is 7.69. The predicted molar refractivity (Wildman–Crippen MR) is 87.1 cm³/mol. The van der Waals surface area contributed by atoms with Crippen LogP contribution in [0.5, 0.6) is 11.5 Å². The number of rotatable bonds is 7. The van der Waals surface area contributed by atoms with E-state index in [1.54, 1.807) is 13.0 Å². The molecule has 0 saturated carbocycles. The van der Waals surface area contributed by atoms with Crippen molar-refractivity contribution in [2.45, 2.75) is 12.3 Å². The monoisotopic (exact) mass is 359 g/mol. The van der Waals surface area contributed by atoms with Crippen molar-refractivity contribution >= 4 is 21.7 Å². The van der Waals surface area contributed by atoms with Crippen molar-refractivity contribution in [2.75, 3.05) is 32.1 Å². The Balaban J connectivity index is 2.23. The van der Waals surface area contributed by atoms with Crippen molar-refractivity contribution in [1.29, 1.82) is 0 Å². The van der Waals surface area contributed by atoms with Gasteiger partial charge in [0.1, 0.15) is 17.4 Å². The third-order valence-corrected chi connectivity index (χ3v) is 5.10. The number of anilines is 1. The Bertz CT molecular complexity index is 672. The van der Waals surface area contributed by atoms with E-state index in [1.165, 1.54) is 26.4 Å². The summed E-state index contributed by atoms with van der Waals surface area (Å²) >= 11 is 0. The lowest BCUT2D eigenvalue weighted by Crippen LogP contribution is -2.44. The van der Waals surface area contributed by atoms with Gasteiger partial charge in [-0.1, -0.05) is 0 Å². The molecule has 2 rings (SSSR count). The van der Waals surface area contributed by atoms with Crippen LogP contribution in [0, 0.1) is 5.92 Å². The summed E-state index contributed by atoms with van der Waals surface area (Å²) in [4.78, 5) is 11.9. The summed E-state index contributed by atoms with van der Waals surface area (Å²) in [6.45, 7) is 2.01. The smallest absolute Gasteiger partial charge is 0.313 e. The van der Waals surface area contributed by atoms with Gasteiger partial charge in [-0.2, -0.15) is 0 Å². The van der Waals surface area contributed by atoms with Gasteiger partial charge in [0.25, 0.3) is 10.0 Å². The molecule has 0 radical (unpaired) electrons. The lowest BCUT2D eigenvalue weighted by atomic mass is 10.2. The van der Waals surface area contributed by atoms with Crippen molar-refractivity contribution < 1.29 is 27.4 Å². The first-order valence-corrected chi connectivity index (χ1v) is 8.85. The average Bonchev–Trinajstić information content (AvgIpc) is 3.05. The Morgan fingerprint density at radius 1 is 1.25 bits per heavy atom. The second-order valence-electron chi connectivity index (χ2n) is 5.05. The molecule has 1 heterocycles. The van der Waals surface area contributed by atoms with Gasteiger partial charge >= 0.3 is 5.97 Å². The van der Waals surface area contributed by atoms with Crippen LogP contribution in [0.3, 0.4) is 0 Å². The number of hydrogen-bond donors (Lipinski definition) is 3. The molecule has 1 aliphatic rings. The summed E-state index contributed by atoms with van der Waals surface area (Å²) in [5, 5.41) is -1.16. The quantitative estimate of drug-likeness (QED) is 0.586. The van der Waals surface area contributed by atoms with Crippen LogP contribution in [0.15, 0.2) is 18.2 Å². The van der Waals surface area contributed by atoms with Crippen LogP contribution in [0.1, 0.15) is 6.92 Å². The molecule has 10 heteroatoms. The molecule has 1 aromatic carbocycles. The summed E-state index contributed by atoms with van der Waals surface area (Å²) in [5.74, 6) is -0.554. The van der Waals surface area contributed by atoms with Crippen LogP contribution < -0.4 is 25.0 Å². The first kappa shape index (κ1) is 18.3. The molecule has 2 unspecified atom stereocenters. The van der Waals surface area contributed by atoms with Crippen LogP contribution in [0.2, 0.25) is 0 Å². The van der Waals surface area contributed by atoms with Crippen LogP contribution in [-0.2, 0) is 19.6 Å². The minimum atomic E-state index is -3.91. The summed E-state index contributed by atoms with van der Waals surface area (Å²) in [6.07, 6.45) is 0. The average molecular weight is 359 g/mol. The third kappa shape index (κ3) is 4.08. The summed E-state index contributed by atoms with van der Waals surface area (Å²) in [5.41, 5.74) is 5.55. The Labute approximate surface area is 140 Å². The zero-order valence-electron chi connectivity index (χ0n) is 13.7. The fourth-order valence-corrected chi connectivity index (χ4v) is 3.77. The highest BCUT2D eigenvalue weighted by Gasteiger charge is 2.42. The van der Waals surface area contributed by atoms with E-state index in [9.17, 15) is 13.2 Å². The van der Waals surface area contributed by atoms with E-state index in [4.69, 9.17) is 14.2 Å². The lowest BCUT2D eigenvalue weighted by Gasteiger charge is -2.19. The van der Waals surface area contributed by atoms with Crippen LogP contribution in [-0.4, -0.2) is 47.1 Å². The predicted octanol–water partition coefficient (Wildman–Crippen LogP) is 0.0587. The van der Waals surface area contributed by atoms with E-state index in [2.05, 4.69) is 15.6 Å². The van der Waals surface area contributed by atoms with Crippen molar-refractivity contribution in [1.82, 2.24) is 10.9 Å². The molecule has 3 N–H and O–H groups in total. The van der Waals surface area contributed by atoms with Gasteiger partial charge in [0.05, 0.1) is 26.5 Å². The number of ether oxygens (including phenoxy) is 3. The Morgan fingerprint density at radius 3 is 2.42 bits per heavy atom. The van der Waals surface area contributed by atoms with E-state index < -0.39 is 27.3 Å². The summed E-state index contributed by atoms with van der Waals surface area (Å²) in [6, 6.07) is 4.65. The molecular formula is C14H21N3O6S. The van der Waals surface area contributed by atoms with Gasteiger partial charge in [0.15, 0.2) is 5.37 Å². The molecule has 1 saturated heterocycles. The van der Waals surface area contributed by atoms with Crippen molar-refractivity contribution in [2.24, 2.45) is 5.92 Å². The Hall–Kier alpha value is -2.04. The molecule has 1 aliphatic heterocycles. The topological polar surface area (TPSA) is 115 Å². The number of hydrogen-bond acceptors (Lipinski definition) is 8. The number of benzene rings is 1. The molecule has 0 aliphatic carbocycles. The van der Waals surface area contributed by atoms with Crippen molar-refractivity contribution in [3.05, 3.63) is 18.2 Å². The molecule has 0 amide bonds. The van der Waals surface area contributed by atoms with E-state index in [0.717, 1.165) is 0 Å². The number of nitrogens with one attached hydrogen (secondary N) is 3. The molecule has 0 spiro atoms. The lowest BCUT2D eigenvalue weighted by molar-refractivity contribution is -0.147. The third-order valence-electron chi connectivity index (χ3n) is 3.47. The zero-order valence-corrected chi connectivity index (χ0v) is 14.5. The fourth-order valence-electron chi connectivity index (χ4n) is 2.32. The highest BCUT2D eigenvalue weighted by molar-refractivity contribution is 7.93. The molecule has 24 heavy (non-hydrogen) atoms. The maximum Gasteiger partial charge on any atom is 0.313 e. The standard InChI is InChI=1S/C14H21N3O6S/c1-4-23-14(18)12-8-15-16-13(12)24(19,20)17-9-5-10(21-2)7-11(6-9)22-3/h5-7,12-13,15-17H,4,8H2,1-3H3. The second-order valence-corrected chi connectivity index (χ2v) is 6.85. The number of carbonyl (C=O) groups is 1. The highest BCUT2D eigenvalue weighted by atomic mass is 32.2. The molecular weight excluding hydrogens is 338 g/mol. The first-order valence-electron chi connectivity index (χ1n) is 7.31. The van der Waals surface area contributed by atoms with Crippen LogP contribution in [0.4, 0.5) is 5.69 Å². The van der Waals surface area contributed by atoms with E-state index in [0.29, 0.717) is 11.5 Å². The van der Waals surface area contributed by atoms with Gasteiger partial charge in [-0.05, 0) is 6.92 Å². The Kier molecular flexibility index (Phi) is 5.86. The summed E-state index contributed by atoms with van der Waals surface area (Å²) in [7, 11) is -0.982. The van der Waals surface area contributed by atoms with Gasteiger partial charge in [0, 0.05) is 24.7 Å². The number of carbonyl (C=O) groups excluding carboxylic acids is 1. The fraction of sp³-hybridized carbons (Fsp3) is 0.500. The van der Waals surface area contributed by atoms with Crippen LogP contribution in [0.25, 0.3) is 0 Å². The van der Waals surface area contributed by atoms with Crippen LogP contribution >= 0.6 is 0 Å². The minimum absolute atomic E-state index is 0.159. The highest BCUT2D eigenvalue weighted by Crippen LogP contribution is 2.27. The molecule has 134 valence electrons. The summed E-state index contributed by atoms with van der Waals surface area (Å²) < 4.78 is 42.8. The molecule has 0 aromatic heterocycles. The number of methoxy groups -OCH3 is 2. The zero-order chi connectivity index (χ0) is 17.7. The van der Waals surface area contributed by atoms with Gasteiger partial charge < -0.3 is 14.2 Å². The SMILES string of the molecule is CCOC(=O)C1CNNC1S(=O)(=O)Nc1cc(OC)cc(OC)c1. The normalized spacial score (nSPS) is 20.5.